The van der Waals surface area contributed by atoms with Crippen molar-refractivity contribution in [1.29, 1.82) is 0 Å². The van der Waals surface area contributed by atoms with Gasteiger partial charge in [0.25, 0.3) is 0 Å². The fraction of sp³-hybridized carbons (Fsp3) is 0.462. The molecular formula is C13H18ClN5. The fourth-order valence-electron chi connectivity index (χ4n) is 2.10. The normalized spacial score (nSPS) is 12.6. The Kier molecular flexibility index (Phi) is 4.87. The summed E-state index contributed by atoms with van der Waals surface area (Å²) in [7, 11) is 0. The fourth-order valence-corrected chi connectivity index (χ4v) is 2.35. The maximum absolute atomic E-state index is 6.30. The molecule has 1 unspecified atom stereocenters. The monoisotopic (exact) mass is 279 g/mol. The Hall–Kier alpha value is -1.46. The van der Waals surface area contributed by atoms with Crippen molar-refractivity contribution in [2.45, 2.75) is 32.9 Å². The highest BCUT2D eigenvalue weighted by atomic mass is 35.5. The molecule has 0 amide bonds. The van der Waals surface area contributed by atoms with Crippen LogP contribution in [0, 0.1) is 0 Å². The third-order valence-corrected chi connectivity index (χ3v) is 3.18. The molecule has 0 aromatic carbocycles. The van der Waals surface area contributed by atoms with E-state index in [4.69, 9.17) is 11.6 Å². The first-order valence-electron chi connectivity index (χ1n) is 6.49. The lowest BCUT2D eigenvalue weighted by molar-refractivity contribution is 0.519. The van der Waals surface area contributed by atoms with E-state index in [0.29, 0.717) is 5.02 Å². The Morgan fingerprint density at radius 1 is 1.32 bits per heavy atom. The quantitative estimate of drug-likeness (QED) is 0.882. The van der Waals surface area contributed by atoms with Gasteiger partial charge in [0.05, 0.1) is 29.2 Å². The zero-order valence-electron chi connectivity index (χ0n) is 11.2. The Balaban J connectivity index is 2.42. The molecule has 0 saturated carbocycles. The van der Waals surface area contributed by atoms with E-state index in [0.717, 1.165) is 30.8 Å². The van der Waals surface area contributed by atoms with E-state index < -0.39 is 0 Å². The molecule has 102 valence electrons. The van der Waals surface area contributed by atoms with Crippen molar-refractivity contribution in [3.05, 3.63) is 40.9 Å². The predicted molar refractivity (Wildman–Crippen MR) is 75.1 cm³/mol. The molecule has 0 radical (unpaired) electrons. The summed E-state index contributed by atoms with van der Waals surface area (Å²) in [5.41, 5.74) is 2.02. The molecule has 0 aliphatic rings. The summed E-state index contributed by atoms with van der Waals surface area (Å²) in [5, 5.41) is 16.2. The highest BCUT2D eigenvalue weighted by Gasteiger charge is 2.21. The smallest absolute Gasteiger partial charge is 0.0837 e. The van der Waals surface area contributed by atoms with Crippen LogP contribution in [0.4, 0.5) is 0 Å². The van der Waals surface area contributed by atoms with Gasteiger partial charge in [0, 0.05) is 12.7 Å². The van der Waals surface area contributed by atoms with Gasteiger partial charge < -0.3 is 5.32 Å². The number of hydrogen-bond donors (Lipinski definition) is 1. The molecule has 0 fully saturated rings. The van der Waals surface area contributed by atoms with Crippen LogP contribution in [-0.2, 0) is 6.54 Å². The van der Waals surface area contributed by atoms with Crippen LogP contribution < -0.4 is 5.32 Å². The molecule has 0 spiro atoms. The molecule has 0 saturated heterocycles. The summed E-state index contributed by atoms with van der Waals surface area (Å²) in [5.74, 6) is 0. The van der Waals surface area contributed by atoms with Crippen LogP contribution in [0.2, 0.25) is 5.02 Å². The van der Waals surface area contributed by atoms with E-state index >= 15 is 0 Å². The van der Waals surface area contributed by atoms with Crippen molar-refractivity contribution in [3.63, 3.8) is 0 Å². The first-order valence-corrected chi connectivity index (χ1v) is 6.86. The average molecular weight is 280 g/mol. The van der Waals surface area contributed by atoms with E-state index in [9.17, 15) is 0 Å². The number of hydrogen-bond acceptors (Lipinski definition) is 4. The van der Waals surface area contributed by atoms with Crippen LogP contribution in [0.15, 0.2) is 24.7 Å². The van der Waals surface area contributed by atoms with Crippen molar-refractivity contribution < 1.29 is 0 Å². The molecule has 1 N–H and O–H groups in total. The summed E-state index contributed by atoms with van der Waals surface area (Å²) in [6.45, 7) is 5.87. The van der Waals surface area contributed by atoms with Gasteiger partial charge in [-0.2, -0.15) is 15.3 Å². The molecule has 0 bridgehead atoms. The summed E-state index contributed by atoms with van der Waals surface area (Å²) >= 11 is 6.30. The first kappa shape index (κ1) is 14.0. The van der Waals surface area contributed by atoms with Crippen LogP contribution in [0.1, 0.15) is 37.6 Å². The number of aryl methyl sites for hydroxylation is 1. The van der Waals surface area contributed by atoms with Gasteiger partial charge in [-0.25, -0.2) is 0 Å². The zero-order chi connectivity index (χ0) is 13.7. The van der Waals surface area contributed by atoms with Crippen LogP contribution in [0.3, 0.4) is 0 Å². The average Bonchev–Trinajstić information content (AvgIpc) is 2.79. The van der Waals surface area contributed by atoms with Crippen molar-refractivity contribution in [2.24, 2.45) is 0 Å². The number of aromatic nitrogens is 4. The summed E-state index contributed by atoms with van der Waals surface area (Å²) in [4.78, 5) is 0. The van der Waals surface area contributed by atoms with Crippen LogP contribution in [0.5, 0.6) is 0 Å². The SMILES string of the molecule is CCCn1ncc(Cl)c1C(NCC)c1ccnnc1. The minimum Gasteiger partial charge on any atom is -0.305 e. The molecule has 2 aromatic heterocycles. The number of rotatable bonds is 6. The van der Waals surface area contributed by atoms with Crippen molar-refractivity contribution in [3.8, 4) is 0 Å². The predicted octanol–water partition coefficient (Wildman–Crippen LogP) is 2.44. The van der Waals surface area contributed by atoms with Gasteiger partial charge in [0.15, 0.2) is 0 Å². The number of halogens is 1. The molecular weight excluding hydrogens is 262 g/mol. The van der Waals surface area contributed by atoms with Crippen molar-refractivity contribution in [2.75, 3.05) is 6.54 Å². The van der Waals surface area contributed by atoms with Gasteiger partial charge >= 0.3 is 0 Å². The number of nitrogens with one attached hydrogen (secondary N) is 1. The van der Waals surface area contributed by atoms with Gasteiger partial charge in [0.1, 0.15) is 0 Å². The highest BCUT2D eigenvalue weighted by Crippen LogP contribution is 2.27. The van der Waals surface area contributed by atoms with E-state index in [1.807, 2.05) is 10.7 Å². The maximum Gasteiger partial charge on any atom is 0.0837 e. The Bertz CT molecular complexity index is 511. The lowest BCUT2D eigenvalue weighted by Crippen LogP contribution is -2.25. The minimum atomic E-state index is -0.0120. The summed E-state index contributed by atoms with van der Waals surface area (Å²) in [6.07, 6.45) is 6.16. The first-order chi connectivity index (χ1) is 9.27. The lowest BCUT2D eigenvalue weighted by atomic mass is 10.1. The molecule has 19 heavy (non-hydrogen) atoms. The second-order valence-corrected chi connectivity index (χ2v) is 4.67. The molecule has 2 aromatic rings. The van der Waals surface area contributed by atoms with Crippen LogP contribution >= 0.6 is 11.6 Å². The van der Waals surface area contributed by atoms with Gasteiger partial charge in [-0.05, 0) is 24.6 Å². The minimum absolute atomic E-state index is 0.0120. The second kappa shape index (κ2) is 6.63. The van der Waals surface area contributed by atoms with Crippen molar-refractivity contribution in [1.82, 2.24) is 25.3 Å². The Labute approximate surface area is 118 Å². The molecule has 6 heteroatoms. The van der Waals surface area contributed by atoms with Crippen LogP contribution in [-0.4, -0.2) is 26.5 Å². The largest absolute Gasteiger partial charge is 0.305 e. The molecule has 0 aliphatic heterocycles. The van der Waals surface area contributed by atoms with Gasteiger partial charge in [-0.15, -0.1) is 0 Å². The van der Waals surface area contributed by atoms with Gasteiger partial charge in [-0.3, -0.25) is 4.68 Å². The Morgan fingerprint density at radius 2 is 2.16 bits per heavy atom. The van der Waals surface area contributed by atoms with Crippen LogP contribution in [0.25, 0.3) is 0 Å². The third-order valence-electron chi connectivity index (χ3n) is 2.89. The molecule has 2 rings (SSSR count). The maximum atomic E-state index is 6.30. The summed E-state index contributed by atoms with van der Waals surface area (Å²) < 4.78 is 1.95. The standard InChI is InChI=1S/C13H18ClN5/c1-3-7-19-13(11(14)9-18-19)12(15-4-2)10-5-6-16-17-8-10/h5-6,8-9,12,15H,3-4,7H2,1-2H3. The van der Waals surface area contributed by atoms with E-state index in [2.05, 4.69) is 34.5 Å². The van der Waals surface area contributed by atoms with Gasteiger partial charge in [-0.1, -0.05) is 25.4 Å². The zero-order valence-corrected chi connectivity index (χ0v) is 11.9. The van der Waals surface area contributed by atoms with E-state index in [-0.39, 0.29) is 6.04 Å². The molecule has 2 heterocycles. The Morgan fingerprint density at radius 3 is 2.79 bits per heavy atom. The third kappa shape index (κ3) is 3.11. The second-order valence-electron chi connectivity index (χ2n) is 4.27. The van der Waals surface area contributed by atoms with E-state index in [1.54, 1.807) is 18.6 Å². The topological polar surface area (TPSA) is 55.6 Å². The lowest BCUT2D eigenvalue weighted by Gasteiger charge is -2.20. The highest BCUT2D eigenvalue weighted by molar-refractivity contribution is 6.31. The molecule has 5 nitrogen and oxygen atoms in total. The number of nitrogens with zero attached hydrogens (tertiary/aromatic N) is 4. The summed E-state index contributed by atoms with van der Waals surface area (Å²) in [6, 6.07) is 1.93. The van der Waals surface area contributed by atoms with Crippen molar-refractivity contribution >= 4 is 11.6 Å². The van der Waals surface area contributed by atoms with Gasteiger partial charge in [0.2, 0.25) is 0 Å². The molecule has 1 atom stereocenters. The van der Waals surface area contributed by atoms with E-state index in [1.165, 1.54) is 0 Å². The molecule has 0 aliphatic carbocycles.